The standard InChI is InChI=1S/C27H26N2/c1-6-13-26-20(7-2)21-14-10-12-17-27(21)29(26)19(4)18-23-22-15-9-11-16-25(22)28(5)24(23)8-3/h6-18H,2-3H2,1,4-5H3/b13-6-,19-18+. The van der Waals surface area contributed by atoms with Gasteiger partial charge < -0.3 is 9.13 Å². The summed E-state index contributed by atoms with van der Waals surface area (Å²) in [5.41, 5.74) is 8.18. The molecule has 0 aliphatic rings. The third-order valence-corrected chi connectivity index (χ3v) is 5.57. The van der Waals surface area contributed by atoms with Gasteiger partial charge in [-0.3, -0.25) is 0 Å². The van der Waals surface area contributed by atoms with E-state index in [4.69, 9.17) is 0 Å². The summed E-state index contributed by atoms with van der Waals surface area (Å²) in [6.45, 7) is 12.3. The number of hydrogen-bond donors (Lipinski definition) is 0. The van der Waals surface area contributed by atoms with E-state index >= 15 is 0 Å². The van der Waals surface area contributed by atoms with Crippen molar-refractivity contribution in [2.45, 2.75) is 13.8 Å². The molecule has 0 saturated carbocycles. The van der Waals surface area contributed by atoms with Crippen molar-refractivity contribution in [1.29, 1.82) is 0 Å². The van der Waals surface area contributed by atoms with Gasteiger partial charge in [0.2, 0.25) is 0 Å². The molecule has 29 heavy (non-hydrogen) atoms. The minimum atomic E-state index is 1.12. The summed E-state index contributed by atoms with van der Waals surface area (Å²) in [4.78, 5) is 0. The second kappa shape index (κ2) is 7.48. The third-order valence-electron chi connectivity index (χ3n) is 5.57. The van der Waals surface area contributed by atoms with E-state index in [0.29, 0.717) is 0 Å². The predicted octanol–water partition coefficient (Wildman–Crippen LogP) is 7.47. The molecule has 144 valence electrons. The molecule has 2 aromatic heterocycles. The normalized spacial score (nSPS) is 12.3. The van der Waals surface area contributed by atoms with Gasteiger partial charge >= 0.3 is 0 Å². The lowest BCUT2D eigenvalue weighted by atomic mass is 10.1. The number of aryl methyl sites for hydroxylation is 1. The molecule has 4 rings (SSSR count). The third kappa shape index (κ3) is 2.89. The largest absolute Gasteiger partial charge is 0.344 e. The lowest BCUT2D eigenvalue weighted by molar-refractivity contribution is 0.953. The number of allylic oxidation sites excluding steroid dienone is 2. The number of benzene rings is 2. The number of nitrogens with zero attached hydrogens (tertiary/aromatic N) is 2. The number of para-hydroxylation sites is 2. The SMILES string of the molecule is C=Cc1c(/C=C\C)n(/C(C)=C/c2c(C=C)n(C)c3ccccc23)c2ccccc12. The Morgan fingerprint density at radius 1 is 0.828 bits per heavy atom. The van der Waals surface area contributed by atoms with E-state index in [1.165, 1.54) is 27.4 Å². The maximum Gasteiger partial charge on any atom is 0.0537 e. The Bertz CT molecular complexity index is 1310. The summed E-state index contributed by atoms with van der Waals surface area (Å²) in [6, 6.07) is 17.0. The Labute approximate surface area is 172 Å². The van der Waals surface area contributed by atoms with E-state index in [-0.39, 0.29) is 0 Å². The molecule has 0 aliphatic heterocycles. The summed E-state index contributed by atoms with van der Waals surface area (Å²) in [6.07, 6.45) is 10.4. The number of hydrogen-bond acceptors (Lipinski definition) is 0. The minimum absolute atomic E-state index is 1.12. The van der Waals surface area contributed by atoms with Gasteiger partial charge in [0.1, 0.15) is 0 Å². The van der Waals surface area contributed by atoms with E-state index in [1.807, 2.05) is 12.2 Å². The molecule has 2 aromatic carbocycles. The van der Waals surface area contributed by atoms with E-state index in [1.54, 1.807) is 0 Å². The van der Waals surface area contributed by atoms with Gasteiger partial charge in [-0.1, -0.05) is 61.7 Å². The number of aromatic nitrogens is 2. The molecule has 0 fully saturated rings. The fraction of sp³-hybridized carbons (Fsp3) is 0.111. The van der Waals surface area contributed by atoms with E-state index in [2.05, 4.69) is 110 Å². The molecule has 0 saturated heterocycles. The van der Waals surface area contributed by atoms with E-state index in [9.17, 15) is 0 Å². The molecule has 0 atom stereocenters. The van der Waals surface area contributed by atoms with Crippen molar-refractivity contribution in [2.75, 3.05) is 0 Å². The van der Waals surface area contributed by atoms with Crippen LogP contribution < -0.4 is 0 Å². The number of fused-ring (bicyclic) bond motifs is 2. The highest BCUT2D eigenvalue weighted by Crippen LogP contribution is 2.34. The van der Waals surface area contributed by atoms with Gasteiger partial charge in [-0.2, -0.15) is 0 Å². The zero-order valence-electron chi connectivity index (χ0n) is 17.3. The average molecular weight is 379 g/mol. The van der Waals surface area contributed by atoms with Crippen molar-refractivity contribution in [3.8, 4) is 0 Å². The monoisotopic (exact) mass is 378 g/mol. The smallest absolute Gasteiger partial charge is 0.0537 e. The molecule has 2 heterocycles. The minimum Gasteiger partial charge on any atom is -0.344 e. The molecular formula is C27H26N2. The van der Waals surface area contributed by atoms with Crippen molar-refractivity contribution >= 4 is 51.8 Å². The average Bonchev–Trinajstić information content (AvgIpc) is 3.20. The second-order valence-corrected chi connectivity index (χ2v) is 7.22. The van der Waals surface area contributed by atoms with Crippen LogP contribution in [0.15, 0.2) is 67.8 Å². The van der Waals surface area contributed by atoms with Crippen LogP contribution in [0.5, 0.6) is 0 Å². The first kappa shape index (κ1) is 18.8. The van der Waals surface area contributed by atoms with Crippen LogP contribution >= 0.6 is 0 Å². The zero-order valence-corrected chi connectivity index (χ0v) is 17.3. The summed E-state index contributed by atoms with van der Waals surface area (Å²) in [5, 5.41) is 2.45. The van der Waals surface area contributed by atoms with Gasteiger partial charge in [0.05, 0.1) is 11.2 Å². The Morgan fingerprint density at radius 2 is 1.45 bits per heavy atom. The highest BCUT2D eigenvalue weighted by molar-refractivity contribution is 6.00. The van der Waals surface area contributed by atoms with Gasteiger partial charge in [-0.15, -0.1) is 0 Å². The van der Waals surface area contributed by atoms with Crippen LogP contribution in [0.1, 0.15) is 36.4 Å². The van der Waals surface area contributed by atoms with Gasteiger partial charge in [0, 0.05) is 45.9 Å². The van der Waals surface area contributed by atoms with Crippen LogP contribution in [0.3, 0.4) is 0 Å². The zero-order chi connectivity index (χ0) is 20.5. The summed E-state index contributed by atoms with van der Waals surface area (Å²) in [7, 11) is 2.10. The molecule has 0 N–H and O–H groups in total. The van der Waals surface area contributed by atoms with Gasteiger partial charge in [-0.05, 0) is 44.2 Å². The lowest BCUT2D eigenvalue weighted by Gasteiger charge is -2.10. The van der Waals surface area contributed by atoms with Crippen LogP contribution in [-0.4, -0.2) is 9.13 Å². The second-order valence-electron chi connectivity index (χ2n) is 7.22. The van der Waals surface area contributed by atoms with Gasteiger partial charge in [0.15, 0.2) is 0 Å². The molecule has 0 radical (unpaired) electrons. The maximum absolute atomic E-state index is 4.07. The van der Waals surface area contributed by atoms with Crippen LogP contribution in [0.2, 0.25) is 0 Å². The highest BCUT2D eigenvalue weighted by Gasteiger charge is 2.16. The number of rotatable bonds is 5. The first-order valence-electron chi connectivity index (χ1n) is 9.89. The van der Waals surface area contributed by atoms with Gasteiger partial charge in [-0.25, -0.2) is 0 Å². The van der Waals surface area contributed by atoms with Crippen LogP contribution in [0, 0.1) is 0 Å². The first-order valence-corrected chi connectivity index (χ1v) is 9.89. The lowest BCUT2D eigenvalue weighted by Crippen LogP contribution is -1.97. The highest BCUT2D eigenvalue weighted by atomic mass is 15.0. The molecule has 4 aromatic rings. The van der Waals surface area contributed by atoms with E-state index < -0.39 is 0 Å². The molecule has 0 unspecified atom stereocenters. The van der Waals surface area contributed by atoms with Crippen molar-refractivity contribution in [2.24, 2.45) is 7.05 Å². The Hall–Kier alpha value is -3.52. The molecule has 2 nitrogen and oxygen atoms in total. The molecule has 2 heteroatoms. The molecule has 0 bridgehead atoms. The fourth-order valence-electron chi connectivity index (χ4n) is 4.32. The Balaban J connectivity index is 2.05. The quantitative estimate of drug-likeness (QED) is 0.341. The Morgan fingerprint density at radius 3 is 2.07 bits per heavy atom. The molecule has 0 aliphatic carbocycles. The van der Waals surface area contributed by atoms with Crippen LogP contribution in [0.4, 0.5) is 0 Å². The van der Waals surface area contributed by atoms with Crippen LogP contribution in [-0.2, 0) is 7.05 Å². The first-order chi connectivity index (χ1) is 14.1. The Kier molecular flexibility index (Phi) is 4.85. The molecular weight excluding hydrogens is 352 g/mol. The fourth-order valence-corrected chi connectivity index (χ4v) is 4.32. The van der Waals surface area contributed by atoms with Gasteiger partial charge in [0.25, 0.3) is 0 Å². The van der Waals surface area contributed by atoms with Crippen molar-refractivity contribution in [1.82, 2.24) is 9.13 Å². The van der Waals surface area contributed by atoms with Crippen molar-refractivity contribution in [3.05, 3.63) is 90.3 Å². The van der Waals surface area contributed by atoms with Crippen molar-refractivity contribution < 1.29 is 0 Å². The maximum atomic E-state index is 4.07. The topological polar surface area (TPSA) is 9.86 Å². The summed E-state index contributed by atoms with van der Waals surface area (Å²) < 4.78 is 4.53. The molecule has 0 spiro atoms. The van der Waals surface area contributed by atoms with E-state index in [0.717, 1.165) is 22.6 Å². The van der Waals surface area contributed by atoms with Crippen LogP contribution in [0.25, 0.3) is 51.8 Å². The molecule has 0 amide bonds. The predicted molar refractivity (Wildman–Crippen MR) is 130 cm³/mol. The summed E-state index contributed by atoms with van der Waals surface area (Å²) >= 11 is 0. The van der Waals surface area contributed by atoms with Crippen molar-refractivity contribution in [3.63, 3.8) is 0 Å². The summed E-state index contributed by atoms with van der Waals surface area (Å²) in [5.74, 6) is 0.